The minimum absolute atomic E-state index is 0.0220. The SMILES string of the molecule is CCCCC(C)Cc1ccc(C(C)(CC)c2cc(F)c(C(C)(CC)C(F)(F)Oc3cc(F)c(C(F)(F)F)c(F)c3)c(F)c2)c(F)c1. The number of benzene rings is 3. The molecular formula is C35H38F10O. The molecular weight excluding hydrogens is 626 g/mol. The molecule has 0 saturated heterocycles. The first-order valence-corrected chi connectivity index (χ1v) is 15.2. The van der Waals surface area contributed by atoms with Gasteiger partial charge in [-0.25, -0.2) is 22.0 Å². The summed E-state index contributed by atoms with van der Waals surface area (Å²) in [5.74, 6) is -8.80. The zero-order valence-electron chi connectivity index (χ0n) is 26.5. The smallest absolute Gasteiger partial charge is 0.422 e. The molecule has 0 aromatic heterocycles. The van der Waals surface area contributed by atoms with Crippen LogP contribution in [0.15, 0.2) is 42.5 Å². The van der Waals surface area contributed by atoms with Crippen molar-refractivity contribution < 1.29 is 48.6 Å². The van der Waals surface area contributed by atoms with Crippen LogP contribution in [0.4, 0.5) is 43.9 Å². The van der Waals surface area contributed by atoms with Crippen LogP contribution in [0.25, 0.3) is 0 Å². The molecule has 3 aromatic rings. The molecule has 0 bridgehead atoms. The van der Waals surface area contributed by atoms with E-state index in [0.717, 1.165) is 50.8 Å². The number of hydrogen-bond acceptors (Lipinski definition) is 1. The summed E-state index contributed by atoms with van der Waals surface area (Å²) in [6, 6.07) is 6.23. The first kappa shape index (κ1) is 37.2. The number of ether oxygens (including phenoxy) is 1. The quantitative estimate of drug-likeness (QED) is 0.165. The lowest BCUT2D eigenvalue weighted by atomic mass is 9.71. The van der Waals surface area contributed by atoms with Crippen LogP contribution in [0.3, 0.4) is 0 Å². The van der Waals surface area contributed by atoms with Gasteiger partial charge >= 0.3 is 12.3 Å². The van der Waals surface area contributed by atoms with Gasteiger partial charge in [-0.05, 0) is 67.0 Å². The van der Waals surface area contributed by atoms with E-state index in [4.69, 9.17) is 0 Å². The molecule has 1 nitrogen and oxygen atoms in total. The second-order valence-electron chi connectivity index (χ2n) is 12.3. The van der Waals surface area contributed by atoms with Crippen molar-refractivity contribution in [2.45, 2.75) is 103 Å². The fourth-order valence-corrected chi connectivity index (χ4v) is 5.83. The highest BCUT2D eigenvalue weighted by atomic mass is 19.4. The molecule has 3 unspecified atom stereocenters. The van der Waals surface area contributed by atoms with Gasteiger partial charge in [0.25, 0.3) is 0 Å². The third kappa shape index (κ3) is 7.33. The normalized spacial score (nSPS) is 15.7. The lowest BCUT2D eigenvalue weighted by Crippen LogP contribution is -2.48. The summed E-state index contributed by atoms with van der Waals surface area (Å²) >= 11 is 0. The van der Waals surface area contributed by atoms with E-state index in [1.54, 1.807) is 26.0 Å². The average Bonchev–Trinajstić information content (AvgIpc) is 2.93. The molecule has 3 atom stereocenters. The molecule has 0 heterocycles. The lowest BCUT2D eigenvalue weighted by molar-refractivity contribution is -0.228. The Morgan fingerprint density at radius 3 is 1.70 bits per heavy atom. The summed E-state index contributed by atoms with van der Waals surface area (Å²) in [5, 5.41) is 0. The van der Waals surface area contributed by atoms with Gasteiger partial charge in [-0.1, -0.05) is 66.0 Å². The van der Waals surface area contributed by atoms with Gasteiger partial charge in [0.05, 0.1) is 0 Å². The summed E-state index contributed by atoms with van der Waals surface area (Å²) in [4.78, 5) is 0. The highest BCUT2D eigenvalue weighted by Gasteiger charge is 2.56. The van der Waals surface area contributed by atoms with Gasteiger partial charge in [0.2, 0.25) is 0 Å². The molecule has 254 valence electrons. The molecule has 0 amide bonds. The topological polar surface area (TPSA) is 9.23 Å². The van der Waals surface area contributed by atoms with E-state index >= 15 is 22.0 Å². The Bertz CT molecular complexity index is 1490. The number of rotatable bonds is 13. The maximum Gasteiger partial charge on any atom is 0.422 e. The molecule has 0 spiro atoms. The highest BCUT2D eigenvalue weighted by molar-refractivity contribution is 5.44. The summed E-state index contributed by atoms with van der Waals surface area (Å²) in [6.07, 6.45) is -6.80. The molecule has 0 N–H and O–H groups in total. The van der Waals surface area contributed by atoms with Gasteiger partial charge in [-0.2, -0.15) is 22.0 Å². The predicted octanol–water partition coefficient (Wildman–Crippen LogP) is 11.8. The van der Waals surface area contributed by atoms with Crippen molar-refractivity contribution in [3.05, 3.63) is 99.4 Å². The zero-order chi connectivity index (χ0) is 34.8. The van der Waals surface area contributed by atoms with Crippen molar-refractivity contribution in [2.75, 3.05) is 0 Å². The third-order valence-corrected chi connectivity index (χ3v) is 9.10. The molecule has 0 aliphatic carbocycles. The molecule has 0 aliphatic heterocycles. The van der Waals surface area contributed by atoms with Gasteiger partial charge in [-0.15, -0.1) is 0 Å². The zero-order valence-corrected chi connectivity index (χ0v) is 26.5. The molecule has 46 heavy (non-hydrogen) atoms. The van der Waals surface area contributed by atoms with Crippen molar-refractivity contribution in [1.82, 2.24) is 0 Å². The first-order valence-electron chi connectivity index (χ1n) is 15.2. The summed E-state index contributed by atoms with van der Waals surface area (Å²) in [7, 11) is 0. The maximum atomic E-state index is 15.8. The molecule has 3 aromatic carbocycles. The Hall–Kier alpha value is -3.24. The van der Waals surface area contributed by atoms with Crippen LogP contribution >= 0.6 is 0 Å². The van der Waals surface area contributed by atoms with Crippen molar-refractivity contribution in [3.63, 3.8) is 0 Å². The fourth-order valence-electron chi connectivity index (χ4n) is 5.83. The van der Waals surface area contributed by atoms with Gasteiger partial charge in [0.1, 0.15) is 45.8 Å². The predicted molar refractivity (Wildman–Crippen MR) is 156 cm³/mol. The van der Waals surface area contributed by atoms with Gasteiger partial charge in [0, 0.05) is 23.1 Å². The van der Waals surface area contributed by atoms with E-state index in [2.05, 4.69) is 18.6 Å². The Morgan fingerprint density at radius 1 is 0.696 bits per heavy atom. The van der Waals surface area contributed by atoms with Crippen molar-refractivity contribution >= 4 is 0 Å². The van der Waals surface area contributed by atoms with E-state index in [0.29, 0.717) is 12.3 Å². The molecule has 0 aliphatic rings. The maximum absolute atomic E-state index is 15.8. The number of halogens is 10. The Balaban J connectivity index is 2.02. The average molecular weight is 665 g/mol. The van der Waals surface area contributed by atoms with Crippen molar-refractivity contribution in [2.24, 2.45) is 5.92 Å². The van der Waals surface area contributed by atoms with Gasteiger partial charge in [0.15, 0.2) is 0 Å². The monoisotopic (exact) mass is 664 g/mol. The largest absolute Gasteiger partial charge is 0.432 e. The summed E-state index contributed by atoms with van der Waals surface area (Å²) in [6.45, 7) is 9.33. The highest BCUT2D eigenvalue weighted by Crippen LogP contribution is 2.48. The fraction of sp³-hybridized carbons (Fsp3) is 0.486. The second kappa shape index (κ2) is 13.9. The first-order chi connectivity index (χ1) is 21.2. The second-order valence-corrected chi connectivity index (χ2v) is 12.3. The molecule has 11 heteroatoms. The van der Waals surface area contributed by atoms with E-state index in [9.17, 15) is 22.0 Å². The van der Waals surface area contributed by atoms with Crippen LogP contribution < -0.4 is 4.74 Å². The van der Waals surface area contributed by atoms with Crippen LogP contribution in [0.5, 0.6) is 5.75 Å². The summed E-state index contributed by atoms with van der Waals surface area (Å²) < 4.78 is 150. The number of hydrogen-bond donors (Lipinski definition) is 0. The Kier molecular flexibility index (Phi) is 11.2. The van der Waals surface area contributed by atoms with E-state index in [1.807, 2.05) is 0 Å². The standard InChI is InChI=1S/C35H38F10O/c1-7-10-11-20(4)14-21-12-13-24(25(36)15-21)32(5,8-2)22-16-26(37)30(27(38)17-22)33(6,9-3)35(44,45)46-23-18-28(39)31(29(40)19-23)34(41,42)43/h12-13,15-20H,7-11,14H2,1-6H3. The van der Waals surface area contributed by atoms with Crippen molar-refractivity contribution in [3.8, 4) is 5.75 Å². The van der Waals surface area contributed by atoms with Crippen LogP contribution in [0.1, 0.15) is 101 Å². The minimum Gasteiger partial charge on any atom is -0.432 e. The van der Waals surface area contributed by atoms with Crippen LogP contribution in [-0.2, 0) is 23.4 Å². The minimum atomic E-state index is -5.45. The molecule has 0 radical (unpaired) electrons. The lowest BCUT2D eigenvalue weighted by Gasteiger charge is -2.37. The summed E-state index contributed by atoms with van der Waals surface area (Å²) in [5.41, 5.74) is -6.60. The number of unbranched alkanes of at least 4 members (excludes halogenated alkanes) is 1. The van der Waals surface area contributed by atoms with Crippen molar-refractivity contribution in [1.29, 1.82) is 0 Å². The molecule has 3 rings (SSSR count). The molecule has 0 fully saturated rings. The van der Waals surface area contributed by atoms with E-state index < -0.39 is 75.5 Å². The van der Waals surface area contributed by atoms with E-state index in [-0.39, 0.29) is 29.7 Å². The number of alkyl halides is 5. The van der Waals surface area contributed by atoms with Gasteiger partial charge < -0.3 is 4.74 Å². The Labute approximate surface area is 263 Å². The van der Waals surface area contributed by atoms with Crippen LogP contribution in [0, 0.1) is 35.0 Å². The Morgan fingerprint density at radius 2 is 1.24 bits per heavy atom. The molecule has 0 saturated carbocycles. The van der Waals surface area contributed by atoms with E-state index in [1.165, 1.54) is 6.07 Å². The van der Waals surface area contributed by atoms with Crippen LogP contribution in [-0.4, -0.2) is 6.11 Å². The van der Waals surface area contributed by atoms with Gasteiger partial charge in [-0.3, -0.25) is 0 Å². The third-order valence-electron chi connectivity index (χ3n) is 9.10. The van der Waals surface area contributed by atoms with Crippen LogP contribution in [0.2, 0.25) is 0 Å².